The van der Waals surface area contributed by atoms with Gasteiger partial charge >= 0.3 is 6.18 Å². The van der Waals surface area contributed by atoms with Crippen molar-refractivity contribution >= 4 is 11.7 Å². The zero-order valence-electron chi connectivity index (χ0n) is 21.1. The Morgan fingerprint density at radius 3 is 2.46 bits per heavy atom. The molecule has 1 unspecified atom stereocenters. The minimum Gasteiger partial charge on any atom is -0.492 e. The van der Waals surface area contributed by atoms with Crippen molar-refractivity contribution in [2.45, 2.75) is 50.7 Å². The maximum absolute atomic E-state index is 13.2. The van der Waals surface area contributed by atoms with Crippen molar-refractivity contribution in [2.75, 3.05) is 46.4 Å². The van der Waals surface area contributed by atoms with E-state index < -0.39 is 12.0 Å². The predicted molar refractivity (Wildman–Crippen MR) is 130 cm³/mol. The number of hydrogen-bond acceptors (Lipinski definition) is 7. The highest BCUT2D eigenvalue weighted by atomic mass is 19.4. The number of likely N-dealkylation sites (tertiary alicyclic amines) is 1. The van der Waals surface area contributed by atoms with E-state index in [4.69, 9.17) is 4.74 Å². The minimum atomic E-state index is -4.58. The van der Waals surface area contributed by atoms with Crippen molar-refractivity contribution in [3.8, 4) is 5.75 Å². The van der Waals surface area contributed by atoms with Gasteiger partial charge in [0.25, 0.3) is 5.82 Å². The highest BCUT2D eigenvalue weighted by Crippen LogP contribution is 2.32. The number of amides is 1. The van der Waals surface area contributed by atoms with Crippen molar-refractivity contribution < 1.29 is 22.7 Å². The molecule has 0 saturated carbocycles. The quantitative estimate of drug-likeness (QED) is 0.605. The maximum Gasteiger partial charge on any atom is 0.453 e. The number of alkyl halides is 3. The fraction of sp³-hybridized carbons (Fsp3) is 0.600. The number of amidine groups is 1. The summed E-state index contributed by atoms with van der Waals surface area (Å²) in [4.78, 5) is 17.9. The van der Waals surface area contributed by atoms with Gasteiger partial charge in [-0.05, 0) is 43.4 Å². The number of aryl methyl sites for hydroxylation is 1. The van der Waals surface area contributed by atoms with Gasteiger partial charge in [0.1, 0.15) is 18.2 Å². The van der Waals surface area contributed by atoms with E-state index in [1.165, 1.54) is 5.56 Å². The zero-order valence-corrected chi connectivity index (χ0v) is 21.1. The first kappa shape index (κ1) is 25.5. The number of ether oxygens (including phenoxy) is 1. The fourth-order valence-electron chi connectivity index (χ4n) is 5.14. The van der Waals surface area contributed by atoms with Crippen LogP contribution in [0.5, 0.6) is 5.75 Å². The Morgan fingerprint density at radius 2 is 1.78 bits per heavy atom. The summed E-state index contributed by atoms with van der Waals surface area (Å²) in [5.41, 5.74) is 1.23. The average Bonchev–Trinajstić information content (AvgIpc) is 3.33. The smallest absolute Gasteiger partial charge is 0.453 e. The third-order valence-electron chi connectivity index (χ3n) is 7.56. The van der Waals surface area contributed by atoms with Crippen LogP contribution in [-0.4, -0.2) is 93.7 Å². The molecule has 12 heteroatoms. The Kier molecular flexibility index (Phi) is 7.11. The lowest BCUT2D eigenvalue weighted by molar-refractivity contribution is -0.147. The molecule has 1 aromatic heterocycles. The van der Waals surface area contributed by atoms with Crippen LogP contribution in [0.4, 0.5) is 13.2 Å². The van der Waals surface area contributed by atoms with Crippen LogP contribution in [0.15, 0.2) is 29.4 Å². The van der Waals surface area contributed by atoms with Gasteiger partial charge in [0.2, 0.25) is 5.91 Å². The third kappa shape index (κ3) is 5.58. The summed E-state index contributed by atoms with van der Waals surface area (Å²) in [6.45, 7) is 6.08. The molecule has 1 aromatic carbocycles. The van der Waals surface area contributed by atoms with Gasteiger partial charge in [0, 0.05) is 52.1 Å². The highest BCUT2D eigenvalue weighted by molar-refractivity contribution is 5.83. The molecule has 3 aliphatic rings. The first-order valence-corrected chi connectivity index (χ1v) is 12.7. The Balaban J connectivity index is 1.13. The van der Waals surface area contributed by atoms with Gasteiger partial charge < -0.3 is 14.5 Å². The van der Waals surface area contributed by atoms with E-state index in [9.17, 15) is 18.0 Å². The lowest BCUT2D eigenvalue weighted by atomic mass is 9.89. The standard InChI is InChI=1S/C25H32F3N7O2/c1-17(34-14-13-32(2)23(36)15-34)16-37-20-5-3-18(4-6-20)19-9-11-33(12-10-19)22-8-7-21-29-30-24(25(26,27)28)35(21)31-22/h3-6,17,19H,7-16H2,1-2H3. The minimum absolute atomic E-state index is 0.138. The molecule has 0 aliphatic carbocycles. The molecule has 4 heterocycles. The van der Waals surface area contributed by atoms with Crippen LogP contribution >= 0.6 is 0 Å². The second-order valence-electron chi connectivity index (χ2n) is 10.0. The number of hydrogen-bond donors (Lipinski definition) is 0. The normalized spacial score (nSPS) is 20.6. The van der Waals surface area contributed by atoms with Gasteiger partial charge in [-0.25, -0.2) is 0 Å². The number of rotatable bonds is 5. The molecule has 3 aliphatic heterocycles. The van der Waals surface area contributed by atoms with Crippen molar-refractivity contribution in [1.29, 1.82) is 0 Å². The average molecular weight is 520 g/mol. The molecular weight excluding hydrogens is 487 g/mol. The number of piperazine rings is 1. The molecule has 0 N–H and O–H groups in total. The van der Waals surface area contributed by atoms with E-state index in [0.29, 0.717) is 37.7 Å². The summed E-state index contributed by atoms with van der Waals surface area (Å²) < 4.78 is 46.5. The van der Waals surface area contributed by atoms with Crippen LogP contribution in [0.25, 0.3) is 0 Å². The van der Waals surface area contributed by atoms with Gasteiger partial charge in [-0.3, -0.25) is 9.69 Å². The van der Waals surface area contributed by atoms with E-state index in [1.54, 1.807) is 4.90 Å². The van der Waals surface area contributed by atoms with Crippen LogP contribution in [-0.2, 0) is 17.4 Å². The first-order valence-electron chi connectivity index (χ1n) is 12.7. The van der Waals surface area contributed by atoms with Crippen molar-refractivity contribution in [2.24, 2.45) is 5.10 Å². The summed E-state index contributed by atoms with van der Waals surface area (Å²) in [5.74, 6) is 1.16. The SMILES string of the molecule is CC(COc1ccc(C2CCN(C3=Nn4c(nnc4C(F)(F)F)CC3)CC2)cc1)N1CCN(C)C(=O)C1. The topological polar surface area (TPSA) is 79.1 Å². The number of piperidine rings is 1. The number of fused-ring (bicyclic) bond motifs is 1. The number of carbonyl (C=O) groups excluding carboxylic acids is 1. The summed E-state index contributed by atoms with van der Waals surface area (Å²) in [6, 6.07) is 8.31. The predicted octanol–water partition coefficient (Wildman–Crippen LogP) is 2.83. The molecule has 0 radical (unpaired) electrons. The third-order valence-corrected chi connectivity index (χ3v) is 7.56. The monoisotopic (exact) mass is 519 g/mol. The molecule has 2 aromatic rings. The first-order chi connectivity index (χ1) is 17.7. The van der Waals surface area contributed by atoms with Crippen LogP contribution in [0.3, 0.4) is 0 Å². The van der Waals surface area contributed by atoms with Gasteiger partial charge in [0.05, 0.1) is 6.54 Å². The molecule has 1 amide bonds. The van der Waals surface area contributed by atoms with Crippen molar-refractivity contribution in [3.63, 3.8) is 0 Å². The van der Waals surface area contributed by atoms with E-state index in [-0.39, 0.29) is 17.8 Å². The Morgan fingerprint density at radius 1 is 1.05 bits per heavy atom. The lowest BCUT2D eigenvalue weighted by Crippen LogP contribution is -2.52. The van der Waals surface area contributed by atoms with Crippen LogP contribution in [0, 0.1) is 0 Å². The zero-order chi connectivity index (χ0) is 26.2. The van der Waals surface area contributed by atoms with Gasteiger partial charge in [-0.1, -0.05) is 12.1 Å². The molecule has 0 bridgehead atoms. The number of benzene rings is 1. The van der Waals surface area contributed by atoms with Gasteiger partial charge in [0.15, 0.2) is 5.82 Å². The van der Waals surface area contributed by atoms with E-state index in [0.717, 1.165) is 49.4 Å². The summed E-state index contributed by atoms with van der Waals surface area (Å²) >= 11 is 0. The van der Waals surface area contributed by atoms with Crippen molar-refractivity contribution in [1.82, 2.24) is 29.6 Å². The molecular formula is C25H32F3N7O2. The number of halogens is 3. The molecule has 1 atom stereocenters. The number of carbonyl (C=O) groups is 1. The van der Waals surface area contributed by atoms with Crippen LogP contribution in [0.2, 0.25) is 0 Å². The van der Waals surface area contributed by atoms with E-state index >= 15 is 0 Å². The van der Waals surface area contributed by atoms with Gasteiger partial charge in [-0.15, -0.1) is 10.2 Å². The van der Waals surface area contributed by atoms with E-state index in [1.807, 2.05) is 19.2 Å². The molecule has 5 rings (SSSR count). The Labute approximate surface area is 213 Å². The fourth-order valence-corrected chi connectivity index (χ4v) is 5.14. The summed E-state index contributed by atoms with van der Waals surface area (Å²) in [7, 11) is 1.83. The molecule has 37 heavy (non-hydrogen) atoms. The van der Waals surface area contributed by atoms with Crippen molar-refractivity contribution in [3.05, 3.63) is 41.5 Å². The highest BCUT2D eigenvalue weighted by Gasteiger charge is 2.40. The Hall–Kier alpha value is -3.15. The van der Waals surface area contributed by atoms with Crippen LogP contribution in [0.1, 0.15) is 49.3 Å². The second-order valence-corrected chi connectivity index (χ2v) is 10.0. The van der Waals surface area contributed by atoms with E-state index in [2.05, 4.69) is 44.2 Å². The molecule has 2 saturated heterocycles. The largest absolute Gasteiger partial charge is 0.492 e. The lowest BCUT2D eigenvalue weighted by Gasteiger charge is -2.35. The number of nitrogens with zero attached hydrogens (tertiary/aromatic N) is 7. The molecule has 9 nitrogen and oxygen atoms in total. The maximum atomic E-state index is 13.2. The molecule has 2 fully saturated rings. The molecule has 200 valence electrons. The molecule has 0 spiro atoms. The number of likely N-dealkylation sites (N-methyl/N-ethyl adjacent to an activating group) is 1. The second kappa shape index (κ2) is 10.3. The number of aromatic nitrogens is 3. The summed E-state index contributed by atoms with van der Waals surface area (Å²) in [6.07, 6.45) is -1.83. The summed E-state index contributed by atoms with van der Waals surface area (Å²) in [5, 5.41) is 11.2. The van der Waals surface area contributed by atoms with Gasteiger partial charge in [-0.2, -0.15) is 22.9 Å². The van der Waals surface area contributed by atoms with Crippen LogP contribution < -0.4 is 4.74 Å². The Bertz CT molecular complexity index is 1140.